The molecule has 2 heteroatoms. The van der Waals surface area contributed by atoms with Crippen LogP contribution in [-0.2, 0) is 0 Å². The molecular weight excluding hydrogens is 232 g/mol. The zero-order valence-corrected chi connectivity index (χ0v) is 9.85. The van der Waals surface area contributed by atoms with E-state index in [9.17, 15) is 5.11 Å². The zero-order chi connectivity index (χ0) is 11.8. The molecule has 0 amide bonds. The molecule has 84 valence electrons. The summed E-state index contributed by atoms with van der Waals surface area (Å²) >= 11 is 5.86. The molecule has 0 aliphatic heterocycles. The molecule has 0 fully saturated rings. The number of rotatable bonds is 1. The third-order valence-electron chi connectivity index (χ3n) is 3.07. The van der Waals surface area contributed by atoms with Gasteiger partial charge in [0.25, 0.3) is 0 Å². The van der Waals surface area contributed by atoms with Gasteiger partial charge in [-0.3, -0.25) is 0 Å². The lowest BCUT2D eigenvalue weighted by molar-refractivity contribution is 0.241. The standard InChI is InChI=1S/C15H11ClO/c16-12-7-5-10(6-8-12)14-9-11-3-1-2-4-13(11)15(14)17/h1-9,15,17H. The van der Waals surface area contributed by atoms with Crippen molar-refractivity contribution in [1.29, 1.82) is 0 Å². The Labute approximate surface area is 105 Å². The highest BCUT2D eigenvalue weighted by Crippen LogP contribution is 2.39. The average molecular weight is 243 g/mol. The van der Waals surface area contributed by atoms with Gasteiger partial charge in [0.1, 0.15) is 6.10 Å². The first-order valence-electron chi connectivity index (χ1n) is 5.50. The maximum Gasteiger partial charge on any atom is 0.105 e. The minimum atomic E-state index is -0.535. The lowest BCUT2D eigenvalue weighted by Gasteiger charge is -2.10. The van der Waals surface area contributed by atoms with Gasteiger partial charge in [-0.1, -0.05) is 48.0 Å². The van der Waals surface area contributed by atoms with E-state index in [1.807, 2.05) is 54.6 Å². The van der Waals surface area contributed by atoms with E-state index in [0.29, 0.717) is 5.02 Å². The third kappa shape index (κ3) is 1.78. The van der Waals surface area contributed by atoms with Crippen molar-refractivity contribution in [3.63, 3.8) is 0 Å². The maximum atomic E-state index is 10.3. The molecule has 0 radical (unpaired) electrons. The number of hydrogen-bond donors (Lipinski definition) is 1. The Morgan fingerprint density at radius 2 is 1.65 bits per heavy atom. The summed E-state index contributed by atoms with van der Waals surface area (Å²) in [5.74, 6) is 0. The molecule has 17 heavy (non-hydrogen) atoms. The van der Waals surface area contributed by atoms with Crippen LogP contribution in [0.4, 0.5) is 0 Å². The molecule has 0 saturated heterocycles. The predicted octanol–water partition coefficient (Wildman–Crippen LogP) is 3.93. The average Bonchev–Trinajstić information content (AvgIpc) is 2.69. The zero-order valence-electron chi connectivity index (χ0n) is 9.10. The van der Waals surface area contributed by atoms with Crippen LogP contribution in [0, 0.1) is 0 Å². The summed E-state index contributed by atoms with van der Waals surface area (Å²) in [5.41, 5.74) is 4.00. The highest BCUT2D eigenvalue weighted by atomic mass is 35.5. The summed E-state index contributed by atoms with van der Waals surface area (Å²) in [6.45, 7) is 0. The Bertz CT molecular complexity index is 584. The van der Waals surface area contributed by atoms with Crippen molar-refractivity contribution in [2.75, 3.05) is 0 Å². The minimum absolute atomic E-state index is 0.535. The van der Waals surface area contributed by atoms with Gasteiger partial charge in [0, 0.05) is 5.02 Å². The molecule has 1 unspecified atom stereocenters. The second-order valence-electron chi connectivity index (χ2n) is 4.14. The van der Waals surface area contributed by atoms with Crippen LogP contribution in [0.5, 0.6) is 0 Å². The fourth-order valence-electron chi connectivity index (χ4n) is 2.19. The van der Waals surface area contributed by atoms with E-state index in [4.69, 9.17) is 11.6 Å². The number of aliphatic hydroxyl groups excluding tert-OH is 1. The van der Waals surface area contributed by atoms with Crippen molar-refractivity contribution >= 4 is 23.3 Å². The summed E-state index contributed by atoms with van der Waals surface area (Å²) < 4.78 is 0. The van der Waals surface area contributed by atoms with Gasteiger partial charge in [0.05, 0.1) is 0 Å². The van der Waals surface area contributed by atoms with Gasteiger partial charge < -0.3 is 5.11 Å². The van der Waals surface area contributed by atoms with E-state index in [0.717, 1.165) is 22.3 Å². The number of fused-ring (bicyclic) bond motifs is 1. The first-order chi connectivity index (χ1) is 8.25. The van der Waals surface area contributed by atoms with Crippen molar-refractivity contribution in [2.45, 2.75) is 6.10 Å². The molecule has 2 aromatic carbocycles. The van der Waals surface area contributed by atoms with Crippen LogP contribution in [0.1, 0.15) is 22.8 Å². The van der Waals surface area contributed by atoms with Crippen molar-refractivity contribution < 1.29 is 5.11 Å². The van der Waals surface area contributed by atoms with E-state index in [-0.39, 0.29) is 0 Å². The molecule has 1 aliphatic carbocycles. The van der Waals surface area contributed by atoms with Gasteiger partial charge in [-0.05, 0) is 40.5 Å². The maximum absolute atomic E-state index is 10.3. The summed E-state index contributed by atoms with van der Waals surface area (Å²) in [5, 5.41) is 11.0. The first kappa shape index (κ1) is 10.6. The topological polar surface area (TPSA) is 20.2 Å². The molecule has 0 saturated carbocycles. The van der Waals surface area contributed by atoms with Crippen molar-refractivity contribution in [3.8, 4) is 0 Å². The highest BCUT2D eigenvalue weighted by Gasteiger charge is 2.23. The van der Waals surface area contributed by atoms with E-state index in [2.05, 4.69) is 0 Å². The highest BCUT2D eigenvalue weighted by molar-refractivity contribution is 6.30. The molecule has 1 aliphatic rings. The number of benzene rings is 2. The molecule has 0 bridgehead atoms. The van der Waals surface area contributed by atoms with Gasteiger partial charge in [-0.25, -0.2) is 0 Å². The van der Waals surface area contributed by atoms with Crippen LogP contribution in [0.2, 0.25) is 5.02 Å². The Balaban J connectivity index is 2.05. The molecule has 0 aromatic heterocycles. The van der Waals surface area contributed by atoms with Crippen LogP contribution in [-0.4, -0.2) is 5.11 Å². The Hall–Kier alpha value is -1.57. The van der Waals surface area contributed by atoms with E-state index >= 15 is 0 Å². The summed E-state index contributed by atoms with van der Waals surface area (Å²) in [7, 11) is 0. The molecule has 0 spiro atoms. The van der Waals surface area contributed by atoms with Gasteiger partial charge >= 0.3 is 0 Å². The van der Waals surface area contributed by atoms with Crippen LogP contribution < -0.4 is 0 Å². The van der Waals surface area contributed by atoms with Crippen molar-refractivity contribution in [1.82, 2.24) is 0 Å². The van der Waals surface area contributed by atoms with Crippen molar-refractivity contribution in [2.24, 2.45) is 0 Å². The Kier molecular flexibility index (Phi) is 2.50. The fraction of sp³-hybridized carbons (Fsp3) is 0.0667. The van der Waals surface area contributed by atoms with Crippen molar-refractivity contribution in [3.05, 3.63) is 70.2 Å². The van der Waals surface area contributed by atoms with Gasteiger partial charge in [0.15, 0.2) is 0 Å². The molecule has 3 rings (SSSR count). The summed E-state index contributed by atoms with van der Waals surface area (Å²) in [4.78, 5) is 0. The van der Waals surface area contributed by atoms with Crippen LogP contribution in [0.15, 0.2) is 48.5 Å². The largest absolute Gasteiger partial charge is 0.384 e. The summed E-state index contributed by atoms with van der Waals surface area (Å²) in [6, 6.07) is 15.4. The second kappa shape index (κ2) is 4.02. The summed E-state index contributed by atoms with van der Waals surface area (Å²) in [6.07, 6.45) is 1.50. The molecular formula is C15H11ClO. The van der Waals surface area contributed by atoms with E-state index < -0.39 is 6.10 Å². The lowest BCUT2D eigenvalue weighted by Crippen LogP contribution is -1.96. The normalized spacial score (nSPS) is 17.8. The Morgan fingerprint density at radius 1 is 0.941 bits per heavy atom. The minimum Gasteiger partial charge on any atom is -0.384 e. The molecule has 1 atom stereocenters. The number of hydrogen-bond acceptors (Lipinski definition) is 1. The fourth-order valence-corrected chi connectivity index (χ4v) is 2.31. The molecule has 1 nitrogen and oxygen atoms in total. The number of aliphatic hydroxyl groups is 1. The van der Waals surface area contributed by atoms with Gasteiger partial charge in [0.2, 0.25) is 0 Å². The SMILES string of the molecule is OC1C(c2ccc(Cl)cc2)=Cc2ccccc21. The molecule has 0 heterocycles. The Morgan fingerprint density at radius 3 is 2.35 bits per heavy atom. The monoisotopic (exact) mass is 242 g/mol. The lowest BCUT2D eigenvalue weighted by atomic mass is 10.0. The van der Waals surface area contributed by atoms with Crippen LogP contribution in [0.25, 0.3) is 11.6 Å². The first-order valence-corrected chi connectivity index (χ1v) is 5.88. The van der Waals surface area contributed by atoms with Crippen LogP contribution >= 0.6 is 11.6 Å². The smallest absolute Gasteiger partial charge is 0.105 e. The second-order valence-corrected chi connectivity index (χ2v) is 4.57. The van der Waals surface area contributed by atoms with E-state index in [1.165, 1.54) is 0 Å². The quantitative estimate of drug-likeness (QED) is 0.804. The van der Waals surface area contributed by atoms with E-state index in [1.54, 1.807) is 0 Å². The third-order valence-corrected chi connectivity index (χ3v) is 3.33. The van der Waals surface area contributed by atoms with Gasteiger partial charge in [-0.2, -0.15) is 0 Å². The van der Waals surface area contributed by atoms with Crippen LogP contribution in [0.3, 0.4) is 0 Å². The predicted molar refractivity (Wildman–Crippen MR) is 70.7 cm³/mol. The van der Waals surface area contributed by atoms with Gasteiger partial charge in [-0.15, -0.1) is 0 Å². The molecule has 1 N–H and O–H groups in total. The number of halogens is 1. The molecule has 2 aromatic rings.